The van der Waals surface area contributed by atoms with Crippen LogP contribution in [0.15, 0.2) is 48.5 Å². The maximum absolute atomic E-state index is 13.4. The Kier molecular flexibility index (Phi) is 6.22. The maximum atomic E-state index is 13.4. The molecule has 0 bridgehead atoms. The minimum absolute atomic E-state index is 0.146. The molecule has 21 heavy (non-hydrogen) atoms. The molecule has 0 radical (unpaired) electrons. The second kappa shape index (κ2) is 8.42. The van der Waals surface area contributed by atoms with E-state index in [0.29, 0.717) is 18.7 Å². The van der Waals surface area contributed by atoms with Crippen LogP contribution in [0.2, 0.25) is 0 Å². The Balaban J connectivity index is 1.54. The predicted octanol–water partition coefficient (Wildman–Crippen LogP) is 4.08. The summed E-state index contributed by atoms with van der Waals surface area (Å²) in [7, 11) is 0. The van der Waals surface area contributed by atoms with Crippen LogP contribution < -0.4 is 10.1 Å². The fourth-order valence-corrected chi connectivity index (χ4v) is 2.04. The van der Waals surface area contributed by atoms with Crippen LogP contribution in [0.1, 0.15) is 24.0 Å². The van der Waals surface area contributed by atoms with Crippen LogP contribution in [-0.4, -0.2) is 13.2 Å². The van der Waals surface area contributed by atoms with Gasteiger partial charge in [0.15, 0.2) is 0 Å². The van der Waals surface area contributed by atoms with Gasteiger partial charge in [0.2, 0.25) is 0 Å². The number of rotatable bonds is 8. The molecule has 3 heteroatoms. The highest BCUT2D eigenvalue weighted by molar-refractivity contribution is 5.26. The van der Waals surface area contributed by atoms with Gasteiger partial charge >= 0.3 is 0 Å². The molecule has 0 aliphatic carbocycles. The normalized spacial score (nSPS) is 10.6. The topological polar surface area (TPSA) is 21.3 Å². The van der Waals surface area contributed by atoms with E-state index in [1.807, 2.05) is 36.4 Å². The number of unbranched alkanes of at least 4 members (excludes halogenated alkanes) is 1. The van der Waals surface area contributed by atoms with Gasteiger partial charge in [-0.25, -0.2) is 4.39 Å². The van der Waals surface area contributed by atoms with Crippen molar-refractivity contribution in [3.63, 3.8) is 0 Å². The van der Waals surface area contributed by atoms with Gasteiger partial charge in [0.25, 0.3) is 0 Å². The molecule has 0 fully saturated rings. The first-order valence-electron chi connectivity index (χ1n) is 7.39. The van der Waals surface area contributed by atoms with Crippen LogP contribution in [0.3, 0.4) is 0 Å². The van der Waals surface area contributed by atoms with E-state index in [1.165, 1.54) is 11.6 Å². The number of hydrogen-bond donors (Lipinski definition) is 1. The van der Waals surface area contributed by atoms with Gasteiger partial charge in [-0.1, -0.05) is 35.9 Å². The van der Waals surface area contributed by atoms with Crippen LogP contribution in [0.4, 0.5) is 4.39 Å². The van der Waals surface area contributed by atoms with Gasteiger partial charge in [0.1, 0.15) is 11.6 Å². The minimum Gasteiger partial charge on any atom is -0.494 e. The van der Waals surface area contributed by atoms with E-state index in [4.69, 9.17) is 4.74 Å². The molecule has 0 aliphatic heterocycles. The lowest BCUT2D eigenvalue weighted by Crippen LogP contribution is -2.16. The van der Waals surface area contributed by atoms with E-state index in [0.717, 1.165) is 25.1 Å². The Morgan fingerprint density at radius 1 is 1.00 bits per heavy atom. The van der Waals surface area contributed by atoms with E-state index >= 15 is 0 Å². The molecule has 0 aliphatic rings. The Labute approximate surface area is 126 Å². The maximum Gasteiger partial charge on any atom is 0.127 e. The summed E-state index contributed by atoms with van der Waals surface area (Å²) >= 11 is 0. The van der Waals surface area contributed by atoms with Crippen LogP contribution >= 0.6 is 0 Å². The molecule has 0 spiro atoms. The van der Waals surface area contributed by atoms with Crippen molar-refractivity contribution >= 4 is 0 Å². The zero-order valence-electron chi connectivity index (χ0n) is 12.4. The molecule has 0 heterocycles. The van der Waals surface area contributed by atoms with Crippen molar-refractivity contribution in [3.8, 4) is 5.75 Å². The molecule has 0 saturated carbocycles. The molecule has 2 rings (SSSR count). The highest BCUT2D eigenvalue weighted by atomic mass is 19.1. The van der Waals surface area contributed by atoms with Gasteiger partial charge < -0.3 is 10.1 Å². The Morgan fingerprint density at radius 3 is 2.52 bits per heavy atom. The van der Waals surface area contributed by atoms with Crippen LogP contribution in [0, 0.1) is 12.7 Å². The Bertz CT molecular complexity index is 539. The average Bonchev–Trinajstić information content (AvgIpc) is 2.50. The molecule has 0 saturated heterocycles. The van der Waals surface area contributed by atoms with Gasteiger partial charge in [-0.3, -0.25) is 0 Å². The highest BCUT2D eigenvalue weighted by Gasteiger charge is 1.99. The van der Waals surface area contributed by atoms with Crippen molar-refractivity contribution < 1.29 is 9.13 Å². The summed E-state index contributed by atoms with van der Waals surface area (Å²) in [5.74, 6) is 0.771. The number of halogens is 1. The number of hydrogen-bond acceptors (Lipinski definition) is 2. The van der Waals surface area contributed by atoms with Crippen molar-refractivity contribution in [1.82, 2.24) is 5.32 Å². The third-order valence-electron chi connectivity index (χ3n) is 3.31. The van der Waals surface area contributed by atoms with Crippen molar-refractivity contribution in [2.24, 2.45) is 0 Å². The largest absolute Gasteiger partial charge is 0.494 e. The predicted molar refractivity (Wildman–Crippen MR) is 84.0 cm³/mol. The summed E-state index contributed by atoms with van der Waals surface area (Å²) in [6, 6.07) is 14.9. The Morgan fingerprint density at radius 2 is 1.76 bits per heavy atom. The number of aryl methyl sites for hydroxylation is 1. The summed E-state index contributed by atoms with van der Waals surface area (Å²) in [6.07, 6.45) is 2.00. The molecule has 0 aromatic heterocycles. The van der Waals surface area contributed by atoms with Crippen LogP contribution in [0.5, 0.6) is 5.75 Å². The van der Waals surface area contributed by atoms with Gasteiger partial charge in [-0.2, -0.15) is 0 Å². The first-order valence-corrected chi connectivity index (χ1v) is 7.39. The van der Waals surface area contributed by atoms with E-state index in [2.05, 4.69) is 12.2 Å². The molecule has 0 unspecified atom stereocenters. The lowest BCUT2D eigenvalue weighted by molar-refractivity contribution is 0.305. The fraction of sp³-hybridized carbons (Fsp3) is 0.333. The molecular formula is C18H22FNO. The molecule has 2 aromatic carbocycles. The Hall–Kier alpha value is -1.87. The number of nitrogens with one attached hydrogen (secondary N) is 1. The molecule has 1 N–H and O–H groups in total. The summed E-state index contributed by atoms with van der Waals surface area (Å²) < 4.78 is 19.0. The standard InChI is InChI=1S/C18H22FNO/c1-15-8-10-17(11-9-15)21-13-5-4-12-20-14-16-6-2-3-7-18(16)19/h2-3,6-11,20H,4-5,12-14H2,1H3. The van der Waals surface area contributed by atoms with E-state index in [1.54, 1.807) is 6.07 Å². The summed E-state index contributed by atoms with van der Waals surface area (Å²) in [5.41, 5.74) is 1.95. The smallest absolute Gasteiger partial charge is 0.127 e. The third-order valence-corrected chi connectivity index (χ3v) is 3.31. The SMILES string of the molecule is Cc1ccc(OCCCCNCc2ccccc2F)cc1. The molecule has 112 valence electrons. The first-order chi connectivity index (χ1) is 10.3. The van der Waals surface area contributed by atoms with Crippen LogP contribution in [0.25, 0.3) is 0 Å². The minimum atomic E-state index is -0.146. The third kappa shape index (κ3) is 5.56. The molecule has 2 aromatic rings. The van der Waals surface area contributed by atoms with E-state index < -0.39 is 0 Å². The molecule has 2 nitrogen and oxygen atoms in total. The second-order valence-electron chi connectivity index (χ2n) is 5.14. The lowest BCUT2D eigenvalue weighted by Gasteiger charge is -2.08. The molecule has 0 amide bonds. The van der Waals surface area contributed by atoms with Gasteiger partial charge in [0.05, 0.1) is 6.61 Å². The monoisotopic (exact) mass is 287 g/mol. The van der Waals surface area contributed by atoms with Crippen molar-refractivity contribution in [3.05, 3.63) is 65.5 Å². The van der Waals surface area contributed by atoms with Gasteiger partial charge in [-0.05, 0) is 44.5 Å². The molecular weight excluding hydrogens is 265 g/mol. The lowest BCUT2D eigenvalue weighted by atomic mass is 10.2. The van der Waals surface area contributed by atoms with Gasteiger partial charge in [0, 0.05) is 12.1 Å². The van der Waals surface area contributed by atoms with Crippen molar-refractivity contribution in [1.29, 1.82) is 0 Å². The van der Waals surface area contributed by atoms with Crippen molar-refractivity contribution in [2.75, 3.05) is 13.2 Å². The molecule has 0 atom stereocenters. The van der Waals surface area contributed by atoms with E-state index in [9.17, 15) is 4.39 Å². The zero-order chi connectivity index (χ0) is 14.9. The summed E-state index contributed by atoms with van der Waals surface area (Å²) in [5, 5.41) is 3.25. The first kappa shape index (κ1) is 15.5. The van der Waals surface area contributed by atoms with Gasteiger partial charge in [-0.15, -0.1) is 0 Å². The zero-order valence-corrected chi connectivity index (χ0v) is 12.4. The summed E-state index contributed by atoms with van der Waals surface area (Å²) in [4.78, 5) is 0. The highest BCUT2D eigenvalue weighted by Crippen LogP contribution is 2.11. The van der Waals surface area contributed by atoms with E-state index in [-0.39, 0.29) is 5.82 Å². The second-order valence-corrected chi connectivity index (χ2v) is 5.14. The average molecular weight is 287 g/mol. The van der Waals surface area contributed by atoms with Crippen LogP contribution in [-0.2, 0) is 6.54 Å². The summed E-state index contributed by atoms with van der Waals surface area (Å²) in [6.45, 7) is 4.21. The van der Waals surface area contributed by atoms with Crippen molar-refractivity contribution in [2.45, 2.75) is 26.3 Å². The fourth-order valence-electron chi connectivity index (χ4n) is 2.04. The number of benzene rings is 2. The quantitative estimate of drug-likeness (QED) is 0.739. The number of ether oxygens (including phenoxy) is 1.